The molecule has 1 aliphatic carbocycles. The predicted octanol–water partition coefficient (Wildman–Crippen LogP) is 0.866. The van der Waals surface area contributed by atoms with Gasteiger partial charge in [-0.1, -0.05) is 0 Å². The number of esters is 1. The zero-order chi connectivity index (χ0) is 13.0. The Labute approximate surface area is 120 Å². The van der Waals surface area contributed by atoms with Crippen molar-refractivity contribution in [2.24, 2.45) is 11.8 Å². The van der Waals surface area contributed by atoms with E-state index in [-0.39, 0.29) is 30.2 Å². The maximum Gasteiger partial charge on any atom is 0.328 e. The number of hydrogen-bond donors (Lipinski definition) is 2. The standard InChI is InChI=1S/C13H22N2O3.ClH/c1-18-13(17)12(10-3-4-10)15-11(16)5-2-9-6-7-14-8-9;/h9-10,12,14H,2-8H2,1H3,(H,15,16);1H. The fraction of sp³-hybridized carbons (Fsp3) is 0.846. The van der Waals surface area contributed by atoms with Crippen LogP contribution < -0.4 is 10.6 Å². The van der Waals surface area contributed by atoms with Crippen LogP contribution in [0.2, 0.25) is 0 Å². The highest BCUT2D eigenvalue weighted by atomic mass is 35.5. The second-order valence-corrected chi connectivity index (χ2v) is 5.30. The molecular formula is C13H23ClN2O3. The number of carbonyl (C=O) groups excluding carboxylic acids is 2. The van der Waals surface area contributed by atoms with Crippen molar-refractivity contribution in [2.45, 2.75) is 38.1 Å². The first kappa shape index (κ1) is 16.2. The van der Waals surface area contributed by atoms with E-state index in [0.29, 0.717) is 12.3 Å². The molecule has 1 saturated heterocycles. The van der Waals surface area contributed by atoms with Crippen LogP contribution in [0.4, 0.5) is 0 Å². The van der Waals surface area contributed by atoms with Crippen LogP contribution in [0.5, 0.6) is 0 Å². The van der Waals surface area contributed by atoms with Gasteiger partial charge in [0.1, 0.15) is 6.04 Å². The lowest BCUT2D eigenvalue weighted by Crippen LogP contribution is -2.43. The fourth-order valence-corrected chi connectivity index (χ4v) is 2.47. The first-order chi connectivity index (χ1) is 8.70. The molecule has 1 heterocycles. The van der Waals surface area contributed by atoms with Crippen LogP contribution in [0, 0.1) is 11.8 Å². The van der Waals surface area contributed by atoms with Crippen LogP contribution in [-0.4, -0.2) is 38.1 Å². The smallest absolute Gasteiger partial charge is 0.328 e. The van der Waals surface area contributed by atoms with E-state index in [1.54, 1.807) is 0 Å². The summed E-state index contributed by atoms with van der Waals surface area (Å²) in [6.45, 7) is 2.06. The molecule has 2 unspecified atom stereocenters. The summed E-state index contributed by atoms with van der Waals surface area (Å²) < 4.78 is 4.73. The Bertz CT molecular complexity index is 315. The topological polar surface area (TPSA) is 67.4 Å². The van der Waals surface area contributed by atoms with Crippen LogP contribution in [-0.2, 0) is 14.3 Å². The van der Waals surface area contributed by atoms with Gasteiger partial charge in [0.25, 0.3) is 0 Å². The monoisotopic (exact) mass is 290 g/mol. The van der Waals surface area contributed by atoms with Gasteiger partial charge in [0.15, 0.2) is 0 Å². The molecule has 19 heavy (non-hydrogen) atoms. The van der Waals surface area contributed by atoms with E-state index in [1.165, 1.54) is 7.11 Å². The highest BCUT2D eigenvalue weighted by Crippen LogP contribution is 2.33. The molecule has 6 heteroatoms. The third-order valence-electron chi connectivity index (χ3n) is 3.81. The Balaban J connectivity index is 0.00000180. The number of carbonyl (C=O) groups is 2. The number of ether oxygens (including phenoxy) is 1. The van der Waals surface area contributed by atoms with Crippen LogP contribution in [0.1, 0.15) is 32.1 Å². The summed E-state index contributed by atoms with van der Waals surface area (Å²) in [7, 11) is 1.37. The summed E-state index contributed by atoms with van der Waals surface area (Å²) >= 11 is 0. The Morgan fingerprint density at radius 2 is 2.11 bits per heavy atom. The molecule has 0 radical (unpaired) electrons. The van der Waals surface area contributed by atoms with Gasteiger partial charge in [-0.3, -0.25) is 4.79 Å². The predicted molar refractivity (Wildman–Crippen MR) is 74.1 cm³/mol. The molecule has 2 atom stereocenters. The highest BCUT2D eigenvalue weighted by molar-refractivity contribution is 5.85. The molecule has 5 nitrogen and oxygen atoms in total. The number of amides is 1. The first-order valence-corrected chi connectivity index (χ1v) is 6.78. The summed E-state index contributed by atoms with van der Waals surface area (Å²) in [6, 6.07) is -0.427. The molecule has 2 aliphatic rings. The van der Waals surface area contributed by atoms with Gasteiger partial charge in [0, 0.05) is 6.42 Å². The van der Waals surface area contributed by atoms with Gasteiger partial charge in [-0.2, -0.15) is 0 Å². The molecule has 0 spiro atoms. The summed E-state index contributed by atoms with van der Waals surface area (Å²) in [4.78, 5) is 23.4. The fourth-order valence-electron chi connectivity index (χ4n) is 2.47. The normalized spacial score (nSPS) is 23.3. The van der Waals surface area contributed by atoms with Crippen LogP contribution >= 0.6 is 12.4 Å². The van der Waals surface area contributed by atoms with E-state index in [0.717, 1.165) is 38.8 Å². The summed E-state index contributed by atoms with van der Waals surface area (Å²) in [5.74, 6) is 0.556. The molecule has 1 amide bonds. The van der Waals surface area contributed by atoms with Gasteiger partial charge < -0.3 is 15.4 Å². The van der Waals surface area contributed by atoms with Gasteiger partial charge in [-0.25, -0.2) is 4.79 Å². The molecule has 0 aromatic rings. The second kappa shape index (κ2) is 7.70. The third kappa shape index (κ3) is 4.99. The third-order valence-corrected chi connectivity index (χ3v) is 3.81. The molecule has 2 rings (SSSR count). The van der Waals surface area contributed by atoms with Gasteiger partial charge in [0.2, 0.25) is 5.91 Å². The highest BCUT2D eigenvalue weighted by Gasteiger charge is 2.37. The van der Waals surface area contributed by atoms with Crippen molar-refractivity contribution in [1.29, 1.82) is 0 Å². The number of rotatable bonds is 6. The molecule has 2 fully saturated rings. The summed E-state index contributed by atoms with van der Waals surface area (Å²) in [5, 5.41) is 6.11. The van der Waals surface area contributed by atoms with E-state index < -0.39 is 6.04 Å². The lowest BCUT2D eigenvalue weighted by molar-refractivity contribution is -0.145. The molecule has 110 valence electrons. The molecule has 1 saturated carbocycles. The van der Waals surface area contributed by atoms with Crippen molar-refractivity contribution >= 4 is 24.3 Å². The second-order valence-electron chi connectivity index (χ2n) is 5.30. The van der Waals surface area contributed by atoms with Crippen molar-refractivity contribution in [3.05, 3.63) is 0 Å². The van der Waals surface area contributed by atoms with Crippen LogP contribution in [0.3, 0.4) is 0 Å². The lowest BCUT2D eigenvalue weighted by atomic mass is 10.0. The number of methoxy groups -OCH3 is 1. The number of hydrogen-bond acceptors (Lipinski definition) is 4. The Hall–Kier alpha value is -0.810. The van der Waals surface area contributed by atoms with Gasteiger partial charge >= 0.3 is 5.97 Å². The van der Waals surface area contributed by atoms with E-state index >= 15 is 0 Å². The van der Waals surface area contributed by atoms with Crippen molar-refractivity contribution in [1.82, 2.24) is 10.6 Å². The van der Waals surface area contributed by atoms with Gasteiger partial charge in [-0.05, 0) is 50.6 Å². The minimum Gasteiger partial charge on any atom is -0.467 e. The molecular weight excluding hydrogens is 268 g/mol. The Morgan fingerprint density at radius 3 is 2.63 bits per heavy atom. The summed E-state index contributed by atoms with van der Waals surface area (Å²) in [5.41, 5.74) is 0. The molecule has 0 aromatic heterocycles. The van der Waals surface area contributed by atoms with E-state index in [9.17, 15) is 9.59 Å². The minimum atomic E-state index is -0.427. The quantitative estimate of drug-likeness (QED) is 0.712. The average molecular weight is 291 g/mol. The van der Waals surface area contributed by atoms with Crippen LogP contribution in [0.15, 0.2) is 0 Å². The van der Waals surface area contributed by atoms with E-state index in [1.807, 2.05) is 0 Å². The number of halogens is 1. The minimum absolute atomic E-state index is 0. The Kier molecular flexibility index (Phi) is 6.58. The van der Waals surface area contributed by atoms with E-state index in [4.69, 9.17) is 4.74 Å². The molecule has 0 aromatic carbocycles. The van der Waals surface area contributed by atoms with Crippen molar-refractivity contribution in [2.75, 3.05) is 20.2 Å². The first-order valence-electron chi connectivity index (χ1n) is 6.78. The lowest BCUT2D eigenvalue weighted by Gasteiger charge is -2.16. The van der Waals surface area contributed by atoms with Crippen molar-refractivity contribution in [3.8, 4) is 0 Å². The maximum atomic E-state index is 11.8. The molecule has 2 N–H and O–H groups in total. The zero-order valence-corrected chi connectivity index (χ0v) is 12.1. The molecule has 0 bridgehead atoms. The van der Waals surface area contributed by atoms with Gasteiger partial charge in [-0.15, -0.1) is 12.4 Å². The average Bonchev–Trinajstić information content (AvgIpc) is 3.08. The van der Waals surface area contributed by atoms with Crippen molar-refractivity contribution < 1.29 is 14.3 Å². The van der Waals surface area contributed by atoms with Crippen LogP contribution in [0.25, 0.3) is 0 Å². The zero-order valence-electron chi connectivity index (χ0n) is 11.3. The van der Waals surface area contributed by atoms with E-state index in [2.05, 4.69) is 10.6 Å². The van der Waals surface area contributed by atoms with Crippen molar-refractivity contribution in [3.63, 3.8) is 0 Å². The SMILES string of the molecule is COC(=O)C(NC(=O)CCC1CCNC1)C1CC1.Cl. The number of nitrogens with one attached hydrogen (secondary N) is 2. The summed E-state index contributed by atoms with van der Waals surface area (Å²) in [6.07, 6.45) is 4.57. The molecule has 1 aliphatic heterocycles. The van der Waals surface area contributed by atoms with Gasteiger partial charge in [0.05, 0.1) is 7.11 Å². The maximum absolute atomic E-state index is 11.8. The largest absolute Gasteiger partial charge is 0.467 e. The Morgan fingerprint density at radius 1 is 1.37 bits per heavy atom.